The van der Waals surface area contributed by atoms with Gasteiger partial charge in [-0.1, -0.05) is 29.5 Å². The molecule has 0 spiro atoms. The molecule has 3 fully saturated rings. The van der Waals surface area contributed by atoms with Gasteiger partial charge in [0.05, 0.1) is 6.20 Å². The van der Waals surface area contributed by atoms with Crippen LogP contribution >= 0.6 is 0 Å². The van der Waals surface area contributed by atoms with Crippen molar-refractivity contribution in [2.24, 2.45) is 17.8 Å². The Hall–Kier alpha value is -3.31. The monoisotopic (exact) mass is 525 g/mol. The first kappa shape index (κ1) is 25.3. The summed E-state index contributed by atoms with van der Waals surface area (Å²) < 4.78 is 25.7. The maximum atomic E-state index is 12.7. The van der Waals surface area contributed by atoms with Crippen molar-refractivity contribution in [1.29, 1.82) is 0 Å². The van der Waals surface area contributed by atoms with Crippen molar-refractivity contribution < 1.29 is 18.4 Å². The second kappa shape index (κ2) is 9.53. The average Bonchev–Trinajstić information content (AvgIpc) is 3.58. The molecular weight excluding hydrogens is 494 g/mol. The van der Waals surface area contributed by atoms with E-state index in [4.69, 9.17) is 5.21 Å². The number of hydroxylamine groups is 1. The highest BCUT2D eigenvalue weighted by Crippen LogP contribution is 2.52. The number of nitrogens with zero attached hydrogens (tertiary/aromatic N) is 4. The van der Waals surface area contributed by atoms with Crippen LogP contribution in [0.15, 0.2) is 53.6 Å². The smallest absolute Gasteiger partial charge is 0.264 e. The van der Waals surface area contributed by atoms with Crippen molar-refractivity contribution in [3.05, 3.63) is 59.1 Å². The molecule has 2 heterocycles. The average molecular weight is 526 g/mol. The van der Waals surface area contributed by atoms with Gasteiger partial charge < -0.3 is 4.57 Å². The van der Waals surface area contributed by atoms with E-state index in [1.165, 1.54) is 42.3 Å². The lowest BCUT2D eigenvalue weighted by atomic mass is 9.82. The highest BCUT2D eigenvalue weighted by atomic mass is 32.2. The molecule has 0 radical (unpaired) electrons. The summed E-state index contributed by atoms with van der Waals surface area (Å²) in [5, 5.41) is 17.6. The first-order valence-electron chi connectivity index (χ1n) is 12.4. The molecule has 11 heteroatoms. The van der Waals surface area contributed by atoms with Gasteiger partial charge in [-0.3, -0.25) is 19.5 Å². The van der Waals surface area contributed by atoms with Crippen molar-refractivity contribution in [3.63, 3.8) is 0 Å². The second-order valence-corrected chi connectivity index (χ2v) is 13.1. The van der Waals surface area contributed by atoms with Crippen LogP contribution in [0.5, 0.6) is 0 Å². The number of benzene rings is 1. The normalized spacial score (nSPS) is 22.3. The number of rotatable bonds is 9. The number of amides is 1. The Labute approximate surface area is 215 Å². The van der Waals surface area contributed by atoms with E-state index in [0.29, 0.717) is 0 Å². The lowest BCUT2D eigenvalue weighted by Gasteiger charge is -2.25. The summed E-state index contributed by atoms with van der Waals surface area (Å²) in [6, 6.07) is 11.0. The molecule has 2 atom stereocenters. The van der Waals surface area contributed by atoms with Crippen LogP contribution in [0.25, 0.3) is 22.4 Å². The minimum atomic E-state index is -3.84. The van der Waals surface area contributed by atoms with Crippen LogP contribution in [0.3, 0.4) is 0 Å². The zero-order chi connectivity index (χ0) is 26.4. The summed E-state index contributed by atoms with van der Waals surface area (Å²) in [6.07, 6.45) is 8.38. The Balaban J connectivity index is 1.26. The second-order valence-electron chi connectivity index (χ2n) is 10.6. The lowest BCUT2D eigenvalue weighted by molar-refractivity contribution is -0.131. The highest BCUT2D eigenvalue weighted by molar-refractivity contribution is 7.92. The topological polar surface area (TPSA) is 136 Å². The summed E-state index contributed by atoms with van der Waals surface area (Å²) in [5.41, 5.74) is 4.42. The van der Waals surface area contributed by atoms with E-state index in [9.17, 15) is 18.0 Å². The quantitative estimate of drug-likeness (QED) is 0.324. The number of carbonyl (C=O) groups is 1. The molecular formula is C26H31N5O5S. The standard InChI is InChI=1S/C26H31N5O5S/c1-26(25(33)28-34,37(2,35)36)8-10-30-9-7-20(14-24(30)32)18-3-5-19(6-4-18)23-16-31(29-27-23)15-22-13-17-11-21(22)12-17/h3-7,9,14,16-17,21-22,34H,8,10-13,15H2,1-2H3,(H,28,33). The number of pyridine rings is 1. The molecule has 196 valence electrons. The van der Waals surface area contributed by atoms with Gasteiger partial charge in [0.25, 0.3) is 11.5 Å². The van der Waals surface area contributed by atoms with E-state index in [0.717, 1.165) is 52.9 Å². The summed E-state index contributed by atoms with van der Waals surface area (Å²) in [4.78, 5) is 24.7. The van der Waals surface area contributed by atoms with Crippen LogP contribution in [0.2, 0.25) is 0 Å². The van der Waals surface area contributed by atoms with Gasteiger partial charge in [0.1, 0.15) is 5.69 Å². The zero-order valence-corrected chi connectivity index (χ0v) is 21.7. The third kappa shape index (κ3) is 4.85. The Morgan fingerprint density at radius 3 is 2.43 bits per heavy atom. The third-order valence-corrected chi connectivity index (χ3v) is 10.3. The van der Waals surface area contributed by atoms with E-state index < -0.39 is 20.5 Å². The van der Waals surface area contributed by atoms with E-state index in [1.807, 2.05) is 35.1 Å². The van der Waals surface area contributed by atoms with Gasteiger partial charge in [0.15, 0.2) is 14.6 Å². The van der Waals surface area contributed by atoms with Gasteiger partial charge in [-0.15, -0.1) is 5.10 Å². The van der Waals surface area contributed by atoms with Crippen LogP contribution in [0.4, 0.5) is 0 Å². The van der Waals surface area contributed by atoms with Gasteiger partial charge in [-0.05, 0) is 67.6 Å². The summed E-state index contributed by atoms with van der Waals surface area (Å²) in [7, 11) is -3.84. The molecule has 2 unspecified atom stereocenters. The molecule has 3 aliphatic rings. The molecule has 37 heavy (non-hydrogen) atoms. The molecule has 10 nitrogen and oxygen atoms in total. The largest absolute Gasteiger partial charge is 0.315 e. The molecule has 3 aliphatic carbocycles. The maximum absolute atomic E-state index is 12.7. The molecule has 0 aliphatic heterocycles. The van der Waals surface area contributed by atoms with Crippen LogP contribution in [-0.4, -0.2) is 50.1 Å². The number of fused-ring (bicyclic) bond motifs is 1. The minimum absolute atomic E-state index is 0.00698. The van der Waals surface area contributed by atoms with Crippen molar-refractivity contribution in [2.45, 2.75) is 50.4 Å². The molecule has 2 N–H and O–H groups in total. The number of sulfone groups is 1. The fourth-order valence-corrected chi connectivity index (χ4v) is 6.44. The first-order valence-corrected chi connectivity index (χ1v) is 14.3. The Kier molecular flexibility index (Phi) is 6.53. The predicted molar refractivity (Wildman–Crippen MR) is 137 cm³/mol. The van der Waals surface area contributed by atoms with Crippen LogP contribution in [-0.2, 0) is 27.7 Å². The minimum Gasteiger partial charge on any atom is -0.315 e. The summed E-state index contributed by atoms with van der Waals surface area (Å²) >= 11 is 0. The van der Waals surface area contributed by atoms with Gasteiger partial charge >= 0.3 is 0 Å². The number of carbonyl (C=O) groups excluding carboxylic acids is 1. The fourth-order valence-electron chi connectivity index (χ4n) is 5.59. The number of aryl methyl sites for hydroxylation is 1. The number of hydrogen-bond acceptors (Lipinski definition) is 7. The predicted octanol–water partition coefficient (Wildman–Crippen LogP) is 2.52. The third-order valence-electron chi connectivity index (χ3n) is 8.28. The van der Waals surface area contributed by atoms with Crippen molar-refractivity contribution >= 4 is 15.7 Å². The molecule has 6 rings (SSSR count). The van der Waals surface area contributed by atoms with Gasteiger partial charge in [-0.2, -0.15) is 0 Å². The Bertz CT molecular complexity index is 1470. The Morgan fingerprint density at radius 2 is 1.84 bits per heavy atom. The molecule has 1 aromatic carbocycles. The van der Waals surface area contributed by atoms with Crippen molar-refractivity contribution in [1.82, 2.24) is 25.0 Å². The SMILES string of the molecule is CC(CCn1ccc(-c2ccc(-c3cn(CC4CC5CC4C5)nn3)cc2)cc1=O)(C(=O)NO)S(C)(=O)=O. The van der Waals surface area contributed by atoms with E-state index >= 15 is 0 Å². The molecule has 3 saturated carbocycles. The molecule has 2 aromatic heterocycles. The van der Waals surface area contributed by atoms with Gasteiger partial charge in [0, 0.05) is 37.2 Å². The molecule has 1 amide bonds. The van der Waals surface area contributed by atoms with Crippen LogP contribution in [0.1, 0.15) is 32.6 Å². The van der Waals surface area contributed by atoms with E-state index in [2.05, 4.69) is 10.3 Å². The zero-order valence-electron chi connectivity index (χ0n) is 20.9. The number of aromatic nitrogens is 4. The van der Waals surface area contributed by atoms with Gasteiger partial charge in [-0.25, -0.2) is 13.9 Å². The fraction of sp³-hybridized carbons (Fsp3) is 0.462. The van der Waals surface area contributed by atoms with E-state index in [1.54, 1.807) is 12.3 Å². The number of hydrogen-bond donors (Lipinski definition) is 2. The van der Waals surface area contributed by atoms with Gasteiger partial charge in [0.2, 0.25) is 0 Å². The summed E-state index contributed by atoms with van der Waals surface area (Å²) in [6.45, 7) is 2.15. The molecule has 3 aromatic rings. The number of nitrogens with one attached hydrogen (secondary N) is 1. The van der Waals surface area contributed by atoms with Crippen LogP contribution in [0, 0.1) is 17.8 Å². The lowest BCUT2D eigenvalue weighted by Crippen LogP contribution is -2.49. The van der Waals surface area contributed by atoms with Crippen molar-refractivity contribution in [3.8, 4) is 22.4 Å². The van der Waals surface area contributed by atoms with Crippen molar-refractivity contribution in [2.75, 3.05) is 6.26 Å². The molecule has 0 saturated heterocycles. The maximum Gasteiger partial charge on any atom is 0.264 e. The summed E-state index contributed by atoms with van der Waals surface area (Å²) in [5.74, 6) is 1.47. The van der Waals surface area contributed by atoms with E-state index in [-0.39, 0.29) is 18.5 Å². The molecule has 2 bridgehead atoms. The Morgan fingerprint density at radius 1 is 1.14 bits per heavy atom. The van der Waals surface area contributed by atoms with Crippen LogP contribution < -0.4 is 11.0 Å². The first-order chi connectivity index (χ1) is 17.6. The highest BCUT2D eigenvalue weighted by Gasteiger charge is 2.44.